The van der Waals surface area contributed by atoms with Crippen molar-refractivity contribution in [1.29, 1.82) is 0 Å². The van der Waals surface area contributed by atoms with E-state index in [0.29, 0.717) is 33.8 Å². The van der Waals surface area contributed by atoms with Gasteiger partial charge in [0.15, 0.2) is 5.78 Å². The lowest BCUT2D eigenvalue weighted by atomic mass is 9.69. The molecule has 0 saturated carbocycles. The first-order chi connectivity index (χ1) is 10.3. The minimum Gasteiger partial charge on any atom is -0.495 e. The molecule has 1 aliphatic rings. The Morgan fingerprint density at radius 2 is 2.00 bits per heavy atom. The molecule has 0 amide bonds. The number of rotatable bonds is 3. The quantitative estimate of drug-likeness (QED) is 0.505. The summed E-state index contributed by atoms with van der Waals surface area (Å²) >= 11 is 0. The Labute approximate surface area is 129 Å². The maximum atomic E-state index is 13.0. The third-order valence-electron chi connectivity index (χ3n) is 3.99. The molecule has 4 N–H and O–H groups in total. The number of carbonyl (C=O) groups is 1. The second-order valence-electron chi connectivity index (χ2n) is 5.55. The first kappa shape index (κ1) is 15.8. The Bertz CT molecular complexity index is 730. The number of nitrogen functional groups attached to an aromatic ring is 1. The molecule has 0 radical (unpaired) electrons. The zero-order chi connectivity index (χ0) is 16.7. The van der Waals surface area contributed by atoms with Gasteiger partial charge in [-0.05, 0) is 32.7 Å². The van der Waals surface area contributed by atoms with Gasteiger partial charge in [-0.2, -0.15) is 0 Å². The van der Waals surface area contributed by atoms with Crippen molar-refractivity contribution in [3.63, 3.8) is 0 Å². The Kier molecular flexibility index (Phi) is 3.79. The van der Waals surface area contributed by atoms with E-state index >= 15 is 0 Å². The maximum Gasteiger partial charge on any atom is 0.175 e. The fourth-order valence-electron chi connectivity index (χ4n) is 2.79. The Balaban J connectivity index is 2.95. The summed E-state index contributed by atoms with van der Waals surface area (Å²) in [6, 6.07) is 3.44. The first-order valence-corrected chi connectivity index (χ1v) is 6.77. The highest BCUT2D eigenvalue weighted by molar-refractivity contribution is 6.21. The molecule has 0 spiro atoms. The lowest BCUT2D eigenvalue weighted by Crippen LogP contribution is -2.38. The number of fused-ring (bicyclic) bond motifs is 1. The number of nitrogens with zero attached hydrogens (tertiary/aromatic N) is 2. The van der Waals surface area contributed by atoms with Crippen LogP contribution in [0.4, 0.5) is 5.69 Å². The lowest BCUT2D eigenvalue weighted by molar-refractivity contribution is 0.0877. The maximum absolute atomic E-state index is 13.0. The van der Waals surface area contributed by atoms with Gasteiger partial charge in [-0.15, -0.1) is 0 Å². The molecule has 0 bridgehead atoms. The van der Waals surface area contributed by atoms with Gasteiger partial charge in [-0.25, -0.2) is 0 Å². The van der Waals surface area contributed by atoms with Crippen molar-refractivity contribution in [3.8, 4) is 5.75 Å². The van der Waals surface area contributed by atoms with E-state index in [2.05, 4.69) is 16.7 Å². The second-order valence-corrected chi connectivity index (χ2v) is 5.55. The van der Waals surface area contributed by atoms with Crippen LogP contribution in [0.5, 0.6) is 5.75 Å². The van der Waals surface area contributed by atoms with Crippen molar-refractivity contribution in [1.82, 2.24) is 0 Å². The molecule has 0 unspecified atom stereocenters. The van der Waals surface area contributed by atoms with Crippen molar-refractivity contribution in [2.24, 2.45) is 21.1 Å². The van der Waals surface area contributed by atoms with E-state index in [1.54, 1.807) is 33.0 Å². The molecular formula is C16H20N4O2. The van der Waals surface area contributed by atoms with Crippen LogP contribution >= 0.6 is 0 Å². The van der Waals surface area contributed by atoms with Crippen LogP contribution in [0.3, 0.4) is 0 Å². The minimum atomic E-state index is -0.909. The van der Waals surface area contributed by atoms with E-state index in [-0.39, 0.29) is 11.6 Å². The summed E-state index contributed by atoms with van der Waals surface area (Å²) in [5.74, 6) is 0.570. The number of hydrogen-bond donors (Lipinski definition) is 2. The van der Waals surface area contributed by atoms with Crippen LogP contribution in [-0.4, -0.2) is 32.5 Å². The molecule has 2 rings (SSSR count). The molecule has 0 heterocycles. The smallest absolute Gasteiger partial charge is 0.175 e. The number of ketones is 1. The largest absolute Gasteiger partial charge is 0.495 e. The van der Waals surface area contributed by atoms with Crippen molar-refractivity contribution >= 4 is 29.7 Å². The summed E-state index contributed by atoms with van der Waals surface area (Å²) in [6.45, 7) is 7.16. The molecule has 0 aliphatic heterocycles. The standard InChI is InChI=1S/C16H20N4O2/c1-16(2)11(15(18)20-4)13(19-3)8-6-7-9(22-5)12(17)10(8)14(16)21/h6-7H,3,17H2,1-2,4-5H3,(H2,18,20). The first-order valence-electron chi connectivity index (χ1n) is 6.77. The topological polar surface area (TPSA) is 103 Å². The molecule has 6 heteroatoms. The van der Waals surface area contributed by atoms with E-state index in [9.17, 15) is 4.79 Å². The van der Waals surface area contributed by atoms with Gasteiger partial charge >= 0.3 is 0 Å². The van der Waals surface area contributed by atoms with Crippen LogP contribution in [0.15, 0.2) is 27.7 Å². The van der Waals surface area contributed by atoms with E-state index in [1.165, 1.54) is 7.11 Å². The number of Topliss-reactive ketones (excluding diaryl/α,β-unsaturated/α-hetero) is 1. The lowest BCUT2D eigenvalue weighted by Gasteiger charge is -2.34. The average Bonchev–Trinajstić information content (AvgIpc) is 2.49. The van der Waals surface area contributed by atoms with Gasteiger partial charge in [0.2, 0.25) is 0 Å². The van der Waals surface area contributed by atoms with Crippen LogP contribution in [0.25, 0.3) is 5.70 Å². The fraction of sp³-hybridized carbons (Fsp3) is 0.312. The number of methoxy groups -OCH3 is 1. The fourth-order valence-corrected chi connectivity index (χ4v) is 2.79. The van der Waals surface area contributed by atoms with Crippen LogP contribution in [0.1, 0.15) is 29.8 Å². The van der Waals surface area contributed by atoms with Crippen LogP contribution < -0.4 is 16.2 Å². The SMILES string of the molecule is C=NC1=C(C(N)=NC)C(C)(C)C(=O)c2c1ccc(OC)c2N. The molecule has 1 aromatic rings. The molecule has 6 nitrogen and oxygen atoms in total. The third-order valence-corrected chi connectivity index (χ3v) is 3.99. The van der Waals surface area contributed by atoms with E-state index in [0.717, 1.165) is 0 Å². The van der Waals surface area contributed by atoms with Crippen LogP contribution in [0.2, 0.25) is 0 Å². The average molecular weight is 300 g/mol. The summed E-state index contributed by atoms with van der Waals surface area (Å²) in [5.41, 5.74) is 13.6. The van der Waals surface area contributed by atoms with Crippen LogP contribution in [0, 0.1) is 5.41 Å². The van der Waals surface area contributed by atoms with Gasteiger partial charge in [0.05, 0.1) is 29.5 Å². The number of ether oxygens (including phenoxy) is 1. The number of aliphatic imine (C=N–C) groups is 2. The predicted octanol–water partition coefficient (Wildman–Crippen LogP) is 1.90. The summed E-state index contributed by atoms with van der Waals surface area (Å²) in [4.78, 5) is 21.1. The van der Waals surface area contributed by atoms with Crippen molar-refractivity contribution in [2.75, 3.05) is 19.9 Å². The number of benzene rings is 1. The number of carbonyl (C=O) groups excluding carboxylic acids is 1. The zero-order valence-electron chi connectivity index (χ0n) is 13.2. The molecular weight excluding hydrogens is 280 g/mol. The molecule has 0 atom stereocenters. The third kappa shape index (κ3) is 1.99. The zero-order valence-corrected chi connectivity index (χ0v) is 13.2. The molecule has 22 heavy (non-hydrogen) atoms. The van der Waals surface area contributed by atoms with E-state index < -0.39 is 5.41 Å². The number of anilines is 1. The van der Waals surface area contributed by atoms with Crippen molar-refractivity contribution in [2.45, 2.75) is 13.8 Å². The highest BCUT2D eigenvalue weighted by Crippen LogP contribution is 2.46. The number of nitrogens with two attached hydrogens (primary N) is 2. The molecule has 0 aromatic heterocycles. The molecule has 116 valence electrons. The summed E-state index contributed by atoms with van der Waals surface area (Å²) in [7, 11) is 3.08. The van der Waals surface area contributed by atoms with Gasteiger partial charge in [0.1, 0.15) is 11.6 Å². The number of hydrogen-bond acceptors (Lipinski definition) is 5. The van der Waals surface area contributed by atoms with Crippen LogP contribution in [-0.2, 0) is 0 Å². The van der Waals surface area contributed by atoms with Crippen molar-refractivity contribution < 1.29 is 9.53 Å². The minimum absolute atomic E-state index is 0.145. The Hall–Kier alpha value is -2.63. The second kappa shape index (κ2) is 5.29. The highest BCUT2D eigenvalue weighted by atomic mass is 16.5. The molecule has 1 aliphatic carbocycles. The van der Waals surface area contributed by atoms with E-state index in [1.807, 2.05) is 0 Å². The van der Waals surface area contributed by atoms with Gasteiger partial charge < -0.3 is 16.2 Å². The summed E-state index contributed by atoms with van der Waals surface area (Å²) < 4.78 is 5.20. The molecule has 0 saturated heterocycles. The summed E-state index contributed by atoms with van der Waals surface area (Å²) in [5, 5.41) is 0. The predicted molar refractivity (Wildman–Crippen MR) is 89.5 cm³/mol. The number of amidine groups is 1. The van der Waals surface area contributed by atoms with Gasteiger partial charge in [0, 0.05) is 18.2 Å². The molecule has 1 aromatic carbocycles. The van der Waals surface area contributed by atoms with E-state index in [4.69, 9.17) is 16.2 Å². The van der Waals surface area contributed by atoms with Gasteiger partial charge in [-0.3, -0.25) is 14.8 Å². The summed E-state index contributed by atoms with van der Waals surface area (Å²) in [6.07, 6.45) is 0. The highest BCUT2D eigenvalue weighted by Gasteiger charge is 2.43. The monoisotopic (exact) mass is 300 g/mol. The van der Waals surface area contributed by atoms with Crippen molar-refractivity contribution in [3.05, 3.63) is 28.8 Å². The van der Waals surface area contributed by atoms with Gasteiger partial charge in [-0.1, -0.05) is 0 Å². The Morgan fingerprint density at radius 3 is 2.50 bits per heavy atom. The Morgan fingerprint density at radius 1 is 1.36 bits per heavy atom. The van der Waals surface area contributed by atoms with Gasteiger partial charge in [0.25, 0.3) is 0 Å². The molecule has 0 fully saturated rings. The normalized spacial score (nSPS) is 17.3.